The number of carboxylic acids is 1. The van der Waals surface area contributed by atoms with Crippen molar-refractivity contribution in [2.24, 2.45) is 16.5 Å². The lowest BCUT2D eigenvalue weighted by Gasteiger charge is -2.53. The minimum absolute atomic E-state index is 0.141. The lowest BCUT2D eigenvalue weighted by Crippen LogP contribution is -2.53. The van der Waals surface area contributed by atoms with Crippen LogP contribution in [-0.4, -0.2) is 35.8 Å². The molecule has 1 amide bonds. The first-order valence-electron chi connectivity index (χ1n) is 13.9. The van der Waals surface area contributed by atoms with Crippen molar-refractivity contribution in [1.82, 2.24) is 5.32 Å². The summed E-state index contributed by atoms with van der Waals surface area (Å²) in [6.45, 7) is 8.72. The van der Waals surface area contributed by atoms with E-state index in [2.05, 4.69) is 59.3 Å². The molecular formula is C31H36BrF3N2O4. The van der Waals surface area contributed by atoms with E-state index in [9.17, 15) is 27.9 Å². The Morgan fingerprint density at radius 1 is 1.17 bits per heavy atom. The van der Waals surface area contributed by atoms with Gasteiger partial charge in [-0.2, -0.15) is 13.2 Å². The number of amides is 1. The fourth-order valence-electron chi connectivity index (χ4n) is 6.41. The third-order valence-electron chi connectivity index (χ3n) is 8.85. The van der Waals surface area contributed by atoms with Gasteiger partial charge in [0.05, 0.1) is 16.7 Å². The summed E-state index contributed by atoms with van der Waals surface area (Å²) in [7, 11) is 0. The summed E-state index contributed by atoms with van der Waals surface area (Å²) in [6.07, 6.45) is -1.21. The van der Waals surface area contributed by atoms with Gasteiger partial charge in [-0.15, -0.1) is 0 Å². The molecule has 2 N–H and O–H groups in total. The van der Waals surface area contributed by atoms with Crippen LogP contribution in [0.3, 0.4) is 0 Å². The van der Waals surface area contributed by atoms with Crippen molar-refractivity contribution in [2.45, 2.75) is 77.3 Å². The van der Waals surface area contributed by atoms with Crippen molar-refractivity contribution >= 4 is 33.5 Å². The molecule has 1 fully saturated rings. The number of carboxylic acid groups (broad SMARTS) is 1. The van der Waals surface area contributed by atoms with Crippen LogP contribution in [0, 0.1) is 11.3 Å². The summed E-state index contributed by atoms with van der Waals surface area (Å²) in [5.41, 5.74) is 2.06. The average molecular weight is 638 g/mol. The highest BCUT2D eigenvalue weighted by molar-refractivity contribution is 9.10. The number of aliphatic carboxylic acids is 1. The number of halogens is 4. The van der Waals surface area contributed by atoms with Crippen molar-refractivity contribution in [3.63, 3.8) is 0 Å². The average Bonchev–Trinajstić information content (AvgIpc) is 2.90. The van der Waals surface area contributed by atoms with Crippen LogP contribution in [0.1, 0.15) is 98.3 Å². The molecule has 10 heteroatoms. The van der Waals surface area contributed by atoms with Crippen molar-refractivity contribution < 1.29 is 32.7 Å². The van der Waals surface area contributed by atoms with E-state index in [0.29, 0.717) is 19.3 Å². The van der Waals surface area contributed by atoms with Gasteiger partial charge in [0.2, 0.25) is 0 Å². The van der Waals surface area contributed by atoms with Gasteiger partial charge in [0.25, 0.3) is 5.91 Å². The fraction of sp³-hybridized carbons (Fsp3) is 0.516. The Morgan fingerprint density at radius 3 is 2.46 bits per heavy atom. The van der Waals surface area contributed by atoms with Crippen molar-refractivity contribution in [3.8, 4) is 0 Å². The number of nitrogens with one attached hydrogen (secondary N) is 1. The van der Waals surface area contributed by atoms with Gasteiger partial charge >= 0.3 is 12.1 Å². The molecule has 0 saturated heterocycles. The van der Waals surface area contributed by atoms with Crippen LogP contribution in [0.15, 0.2) is 46.0 Å². The summed E-state index contributed by atoms with van der Waals surface area (Å²) in [4.78, 5) is 30.5. The van der Waals surface area contributed by atoms with E-state index in [1.807, 2.05) is 6.92 Å². The SMILES string of the molecule is CC(C)c1cc2c(cc1Br)[C@@]1(C)CCC[C@@](C)(C(=O)O)[C@@H]1C/C2=N\OCCCNC(=O)c1ccc(C(F)(F)F)cc1. The Hall–Kier alpha value is -2.88. The maximum Gasteiger partial charge on any atom is 0.416 e. The van der Waals surface area contributed by atoms with Gasteiger partial charge in [0.1, 0.15) is 6.61 Å². The minimum Gasteiger partial charge on any atom is -0.481 e. The van der Waals surface area contributed by atoms with E-state index in [1.165, 1.54) is 0 Å². The number of hydrogen-bond donors (Lipinski definition) is 2. The normalized spacial score (nSPS) is 25.0. The van der Waals surface area contributed by atoms with Gasteiger partial charge in [-0.25, -0.2) is 0 Å². The molecule has 0 aromatic heterocycles. The first-order valence-corrected chi connectivity index (χ1v) is 14.7. The number of benzene rings is 2. The Balaban J connectivity index is 1.48. The molecule has 0 unspecified atom stereocenters. The number of rotatable bonds is 8. The van der Waals surface area contributed by atoms with Crippen molar-refractivity contribution in [3.05, 3.63) is 68.7 Å². The summed E-state index contributed by atoms with van der Waals surface area (Å²) in [6, 6.07) is 8.34. The number of carbonyl (C=O) groups excluding carboxylic acids is 1. The zero-order chi connectivity index (χ0) is 30.2. The van der Waals surface area contributed by atoms with Gasteiger partial charge in [0.15, 0.2) is 0 Å². The van der Waals surface area contributed by atoms with Crippen molar-refractivity contribution in [1.29, 1.82) is 0 Å². The highest BCUT2D eigenvalue weighted by Crippen LogP contribution is 2.58. The van der Waals surface area contributed by atoms with E-state index < -0.39 is 29.0 Å². The molecular weight excluding hydrogens is 601 g/mol. The van der Waals surface area contributed by atoms with Crippen LogP contribution < -0.4 is 5.32 Å². The molecule has 0 bridgehead atoms. The van der Waals surface area contributed by atoms with E-state index >= 15 is 0 Å². The molecule has 4 rings (SSSR count). The predicted molar refractivity (Wildman–Crippen MR) is 154 cm³/mol. The Labute approximate surface area is 246 Å². The molecule has 0 radical (unpaired) electrons. The molecule has 0 spiro atoms. The summed E-state index contributed by atoms with van der Waals surface area (Å²) in [5, 5.41) is 17.4. The third-order valence-corrected chi connectivity index (χ3v) is 9.54. The molecule has 0 heterocycles. The molecule has 2 aliphatic rings. The van der Waals surface area contributed by atoms with Gasteiger partial charge < -0.3 is 15.3 Å². The third kappa shape index (κ3) is 6.17. The minimum atomic E-state index is -4.46. The maximum atomic E-state index is 12.8. The second-order valence-corrected chi connectivity index (χ2v) is 12.7. The standard InChI is InChI=1S/C31H36BrF3N2O4/c1-18(2)21-15-22-23(16-24(21)32)29(3)11-5-12-30(4,28(39)40)26(29)17-25(22)37-41-14-6-13-36-27(38)19-7-9-20(10-8-19)31(33,34)35/h7-10,15-16,18,26H,5-6,11-14,17H2,1-4H3,(H,36,38)(H,39,40)/b37-25+/t26-,29-,30-/m1/s1. The second-order valence-electron chi connectivity index (χ2n) is 11.9. The Bertz CT molecular complexity index is 1340. The molecule has 2 aromatic carbocycles. The zero-order valence-corrected chi connectivity index (χ0v) is 25.3. The van der Waals surface area contributed by atoms with E-state index in [4.69, 9.17) is 4.84 Å². The van der Waals surface area contributed by atoms with Crippen LogP contribution in [0.5, 0.6) is 0 Å². The lowest BCUT2D eigenvalue weighted by atomic mass is 9.49. The molecule has 2 aliphatic carbocycles. The van der Waals surface area contributed by atoms with Gasteiger partial charge in [-0.3, -0.25) is 9.59 Å². The maximum absolute atomic E-state index is 12.8. The lowest BCUT2D eigenvalue weighted by molar-refractivity contribution is -0.156. The summed E-state index contributed by atoms with van der Waals surface area (Å²) in [5.74, 6) is -1.15. The van der Waals surface area contributed by atoms with Crippen LogP contribution >= 0.6 is 15.9 Å². The first kappa shape index (κ1) is 31.1. The van der Waals surface area contributed by atoms with Gasteiger partial charge in [-0.1, -0.05) is 48.3 Å². The highest BCUT2D eigenvalue weighted by Gasteiger charge is 2.56. The zero-order valence-electron chi connectivity index (χ0n) is 23.7. The summed E-state index contributed by atoms with van der Waals surface area (Å²) < 4.78 is 39.3. The van der Waals surface area contributed by atoms with Gasteiger partial charge in [-0.05, 0) is 91.0 Å². The second kappa shape index (κ2) is 11.8. The van der Waals surface area contributed by atoms with Crippen LogP contribution in [-0.2, 0) is 21.2 Å². The topological polar surface area (TPSA) is 88.0 Å². The molecule has 1 saturated carbocycles. The highest BCUT2D eigenvalue weighted by atomic mass is 79.9. The van der Waals surface area contributed by atoms with Gasteiger partial charge in [0, 0.05) is 28.6 Å². The van der Waals surface area contributed by atoms with Crippen molar-refractivity contribution in [2.75, 3.05) is 13.2 Å². The molecule has 2 aromatic rings. The van der Waals surface area contributed by atoms with E-state index in [1.54, 1.807) is 0 Å². The molecule has 41 heavy (non-hydrogen) atoms. The van der Waals surface area contributed by atoms with E-state index in [-0.39, 0.29) is 36.0 Å². The number of oxime groups is 1. The molecule has 222 valence electrons. The number of fused-ring (bicyclic) bond motifs is 3. The Morgan fingerprint density at radius 2 is 1.85 bits per heavy atom. The number of hydrogen-bond acceptors (Lipinski definition) is 4. The van der Waals surface area contributed by atoms with Crippen LogP contribution in [0.4, 0.5) is 13.2 Å². The monoisotopic (exact) mass is 636 g/mol. The molecule has 3 atom stereocenters. The van der Waals surface area contributed by atoms with Crippen LogP contribution in [0.2, 0.25) is 0 Å². The first-order chi connectivity index (χ1) is 19.2. The largest absolute Gasteiger partial charge is 0.481 e. The number of nitrogens with zero attached hydrogens (tertiary/aromatic N) is 1. The molecule has 0 aliphatic heterocycles. The smallest absolute Gasteiger partial charge is 0.416 e. The Kier molecular flexibility index (Phi) is 8.92. The van der Waals surface area contributed by atoms with E-state index in [0.717, 1.165) is 64.0 Å². The van der Waals surface area contributed by atoms with Crippen LogP contribution in [0.25, 0.3) is 0 Å². The molecule has 6 nitrogen and oxygen atoms in total. The number of alkyl halides is 3. The fourth-order valence-corrected chi connectivity index (χ4v) is 7.21. The quantitative estimate of drug-likeness (QED) is 0.230. The number of carbonyl (C=O) groups is 2. The summed E-state index contributed by atoms with van der Waals surface area (Å²) >= 11 is 3.74. The predicted octanol–water partition coefficient (Wildman–Crippen LogP) is 7.68.